The molecule has 0 aliphatic carbocycles. The maximum Gasteiger partial charge on any atom is 0.289 e. The third-order valence-electron chi connectivity index (χ3n) is 4.38. The lowest BCUT2D eigenvalue weighted by Gasteiger charge is -2.34. The number of ketones is 1. The molecule has 1 unspecified atom stereocenters. The van der Waals surface area contributed by atoms with Crippen molar-refractivity contribution in [3.05, 3.63) is 52.4 Å². The average Bonchev–Trinajstić information content (AvgIpc) is 3.14. The maximum atomic E-state index is 12.5. The molecule has 1 fully saturated rings. The maximum absolute atomic E-state index is 12.5. The summed E-state index contributed by atoms with van der Waals surface area (Å²) < 4.78 is 12.0. The van der Waals surface area contributed by atoms with E-state index in [1.807, 2.05) is 18.2 Å². The van der Waals surface area contributed by atoms with Gasteiger partial charge in [-0.2, -0.15) is 0 Å². The number of amides is 1. The summed E-state index contributed by atoms with van der Waals surface area (Å²) in [5, 5.41) is 0. The SMILES string of the molecule is O=C1CC2(CCN(C(=O)c3ccc(Br)o3)C2)Oc2ccccc21. The van der Waals surface area contributed by atoms with Crippen molar-refractivity contribution in [2.24, 2.45) is 0 Å². The van der Waals surface area contributed by atoms with E-state index in [-0.39, 0.29) is 17.5 Å². The van der Waals surface area contributed by atoms with E-state index >= 15 is 0 Å². The molecule has 0 bridgehead atoms. The number of nitrogens with zero attached hydrogens (tertiary/aromatic N) is 1. The first kappa shape index (κ1) is 14.5. The number of fused-ring (bicyclic) bond motifs is 1. The fourth-order valence-corrected chi connectivity index (χ4v) is 3.58. The third kappa shape index (κ3) is 2.47. The molecule has 2 aliphatic heterocycles. The summed E-state index contributed by atoms with van der Waals surface area (Å²) in [5.41, 5.74) is 0.00291. The van der Waals surface area contributed by atoms with Gasteiger partial charge in [-0.1, -0.05) is 12.1 Å². The van der Waals surface area contributed by atoms with Gasteiger partial charge in [0, 0.05) is 13.0 Å². The Morgan fingerprint density at radius 1 is 1.22 bits per heavy atom. The van der Waals surface area contributed by atoms with Crippen molar-refractivity contribution in [3.63, 3.8) is 0 Å². The van der Waals surface area contributed by atoms with Crippen LogP contribution in [-0.4, -0.2) is 35.3 Å². The van der Waals surface area contributed by atoms with Gasteiger partial charge in [-0.05, 0) is 40.2 Å². The number of hydrogen-bond acceptors (Lipinski definition) is 4. The molecule has 0 radical (unpaired) electrons. The van der Waals surface area contributed by atoms with E-state index in [0.29, 0.717) is 41.9 Å². The molecule has 3 heterocycles. The van der Waals surface area contributed by atoms with Crippen LogP contribution in [0.3, 0.4) is 0 Å². The van der Waals surface area contributed by atoms with Crippen molar-refractivity contribution in [2.75, 3.05) is 13.1 Å². The van der Waals surface area contributed by atoms with Crippen LogP contribution >= 0.6 is 15.9 Å². The number of furan rings is 1. The summed E-state index contributed by atoms with van der Waals surface area (Å²) in [6.07, 6.45) is 0.941. The van der Waals surface area contributed by atoms with E-state index in [4.69, 9.17) is 9.15 Å². The average molecular weight is 376 g/mol. The molecule has 1 aromatic carbocycles. The first-order valence-corrected chi connectivity index (χ1v) is 8.22. The van der Waals surface area contributed by atoms with Crippen LogP contribution in [0, 0.1) is 0 Å². The number of hydrogen-bond donors (Lipinski definition) is 0. The molecule has 4 rings (SSSR count). The van der Waals surface area contributed by atoms with Crippen LogP contribution in [0.4, 0.5) is 0 Å². The summed E-state index contributed by atoms with van der Waals surface area (Å²) in [4.78, 5) is 26.6. The van der Waals surface area contributed by atoms with Gasteiger partial charge in [-0.25, -0.2) is 0 Å². The van der Waals surface area contributed by atoms with Crippen LogP contribution in [0.1, 0.15) is 33.8 Å². The number of rotatable bonds is 1. The highest BCUT2D eigenvalue weighted by atomic mass is 79.9. The van der Waals surface area contributed by atoms with Crippen LogP contribution in [0.5, 0.6) is 5.75 Å². The van der Waals surface area contributed by atoms with Crippen LogP contribution in [-0.2, 0) is 0 Å². The highest BCUT2D eigenvalue weighted by Crippen LogP contribution is 2.39. The number of Topliss-reactive ketones (excluding diaryl/α,β-unsaturated/α-hetero) is 1. The molecule has 118 valence electrons. The van der Waals surface area contributed by atoms with Gasteiger partial charge in [0.2, 0.25) is 0 Å². The summed E-state index contributed by atoms with van der Waals surface area (Å²) in [6.45, 7) is 0.941. The van der Waals surface area contributed by atoms with Crippen molar-refractivity contribution in [1.29, 1.82) is 0 Å². The Morgan fingerprint density at radius 3 is 2.83 bits per heavy atom. The highest BCUT2D eigenvalue weighted by molar-refractivity contribution is 9.10. The van der Waals surface area contributed by atoms with Crippen molar-refractivity contribution < 1.29 is 18.7 Å². The summed E-state index contributed by atoms with van der Waals surface area (Å²) >= 11 is 3.20. The van der Waals surface area contributed by atoms with E-state index in [9.17, 15) is 9.59 Å². The number of halogens is 1. The molecule has 0 saturated carbocycles. The number of benzene rings is 1. The predicted octanol–water partition coefficient (Wildman–Crippen LogP) is 3.29. The second-order valence-corrected chi connectivity index (χ2v) is 6.74. The second kappa shape index (κ2) is 5.23. The van der Waals surface area contributed by atoms with E-state index in [0.717, 1.165) is 0 Å². The Morgan fingerprint density at radius 2 is 2.04 bits per heavy atom. The largest absolute Gasteiger partial charge is 0.484 e. The summed E-state index contributed by atoms with van der Waals surface area (Å²) in [7, 11) is 0. The van der Waals surface area contributed by atoms with Crippen molar-refractivity contribution in [1.82, 2.24) is 4.90 Å². The molecule has 1 atom stereocenters. The van der Waals surface area contributed by atoms with E-state index in [2.05, 4.69) is 15.9 Å². The first-order chi connectivity index (χ1) is 11.1. The van der Waals surface area contributed by atoms with Crippen LogP contribution in [0.15, 0.2) is 45.5 Å². The minimum Gasteiger partial charge on any atom is -0.484 e. The zero-order valence-electron chi connectivity index (χ0n) is 12.3. The Kier molecular flexibility index (Phi) is 3.30. The molecule has 1 aromatic heterocycles. The molecule has 1 saturated heterocycles. The highest BCUT2D eigenvalue weighted by Gasteiger charge is 2.47. The van der Waals surface area contributed by atoms with Crippen molar-refractivity contribution in [3.8, 4) is 5.75 Å². The molecule has 2 aromatic rings. The quantitative estimate of drug-likeness (QED) is 0.767. The Hall–Kier alpha value is -2.08. The van der Waals surface area contributed by atoms with E-state index in [1.54, 1.807) is 23.1 Å². The molecule has 0 N–H and O–H groups in total. The van der Waals surface area contributed by atoms with Gasteiger partial charge in [-0.3, -0.25) is 9.59 Å². The van der Waals surface area contributed by atoms with Crippen LogP contribution < -0.4 is 4.74 Å². The molecular weight excluding hydrogens is 362 g/mol. The second-order valence-electron chi connectivity index (χ2n) is 5.96. The minimum atomic E-state index is -0.620. The first-order valence-electron chi connectivity index (χ1n) is 7.42. The van der Waals surface area contributed by atoms with Crippen LogP contribution in [0.2, 0.25) is 0 Å². The zero-order chi connectivity index (χ0) is 16.0. The molecule has 1 amide bonds. The van der Waals surface area contributed by atoms with Gasteiger partial charge in [0.05, 0.1) is 18.5 Å². The van der Waals surface area contributed by atoms with Gasteiger partial charge in [0.15, 0.2) is 16.2 Å². The Bertz CT molecular complexity index is 799. The monoisotopic (exact) mass is 375 g/mol. The summed E-state index contributed by atoms with van der Waals surface area (Å²) in [6, 6.07) is 10.6. The Labute approximate surface area is 141 Å². The number of ether oxygens (including phenoxy) is 1. The van der Waals surface area contributed by atoms with Crippen molar-refractivity contribution >= 4 is 27.6 Å². The Balaban J connectivity index is 1.56. The van der Waals surface area contributed by atoms with Gasteiger partial charge in [0.1, 0.15) is 11.4 Å². The molecule has 23 heavy (non-hydrogen) atoms. The van der Waals surface area contributed by atoms with E-state index < -0.39 is 5.60 Å². The van der Waals surface area contributed by atoms with Gasteiger partial charge in [-0.15, -0.1) is 0 Å². The lowest BCUT2D eigenvalue weighted by Crippen LogP contribution is -2.45. The lowest BCUT2D eigenvalue weighted by molar-refractivity contribution is 0.0421. The van der Waals surface area contributed by atoms with Gasteiger partial charge >= 0.3 is 0 Å². The van der Waals surface area contributed by atoms with Crippen molar-refractivity contribution in [2.45, 2.75) is 18.4 Å². The third-order valence-corrected chi connectivity index (χ3v) is 4.81. The predicted molar refractivity (Wildman–Crippen MR) is 85.7 cm³/mol. The standard InChI is InChI=1S/C17H14BrNO4/c18-15-6-5-14(22-15)16(21)19-8-7-17(10-19)9-12(20)11-3-1-2-4-13(11)23-17/h1-6H,7-10H2. The van der Waals surface area contributed by atoms with Gasteiger partial charge in [0.25, 0.3) is 5.91 Å². The molecular formula is C17H14BrNO4. The number of para-hydroxylation sites is 1. The summed E-state index contributed by atoms with van der Waals surface area (Å²) in [5.74, 6) is 0.791. The topological polar surface area (TPSA) is 59.8 Å². The van der Waals surface area contributed by atoms with Gasteiger partial charge < -0.3 is 14.1 Å². The fraction of sp³-hybridized carbons (Fsp3) is 0.294. The number of likely N-dealkylation sites (tertiary alicyclic amines) is 1. The lowest BCUT2D eigenvalue weighted by atomic mass is 9.89. The van der Waals surface area contributed by atoms with E-state index in [1.165, 1.54) is 0 Å². The fourth-order valence-electron chi connectivity index (χ4n) is 3.27. The molecule has 5 nitrogen and oxygen atoms in total. The molecule has 1 spiro atoms. The number of carbonyl (C=O) groups is 2. The normalized spacial score (nSPS) is 23.0. The van der Waals surface area contributed by atoms with Crippen LogP contribution in [0.25, 0.3) is 0 Å². The minimum absolute atomic E-state index is 0.0712. The smallest absolute Gasteiger partial charge is 0.289 e. The zero-order valence-corrected chi connectivity index (χ0v) is 13.8. The molecule has 2 aliphatic rings. The molecule has 6 heteroatoms. The number of carbonyl (C=O) groups excluding carboxylic acids is 2.